The molecule has 1 atom stereocenters. The molecule has 0 spiro atoms. The van der Waals surface area contributed by atoms with Gasteiger partial charge in [0.05, 0.1) is 4.90 Å². The standard InChI is InChI=1S/C26H29ClN4O4S/c27-22-3-1-21-16-24(4-2-20(21)15-22)36(34,35)31-14-13-30(25(18-31)26(32)33)17-19-7-11-29(12-8-19)23-5-9-28-10-6-23/h1-6,9-10,15-16,19,25H,7-8,11-14,17-18H2,(H,32,33)/t25-/m0/s1. The summed E-state index contributed by atoms with van der Waals surface area (Å²) in [6.45, 7) is 3.07. The van der Waals surface area contributed by atoms with Crippen LogP contribution >= 0.6 is 11.6 Å². The molecule has 36 heavy (non-hydrogen) atoms. The van der Waals surface area contributed by atoms with Gasteiger partial charge in [-0.15, -0.1) is 0 Å². The highest BCUT2D eigenvalue weighted by Gasteiger charge is 2.39. The summed E-state index contributed by atoms with van der Waals surface area (Å²) in [5.74, 6) is -0.613. The summed E-state index contributed by atoms with van der Waals surface area (Å²) in [6, 6.07) is 13.4. The Balaban J connectivity index is 1.25. The second-order valence-electron chi connectivity index (χ2n) is 9.50. The van der Waals surface area contributed by atoms with Crippen LogP contribution in [0.4, 0.5) is 5.69 Å². The van der Waals surface area contributed by atoms with Crippen molar-refractivity contribution in [3.8, 4) is 0 Å². The maximum atomic E-state index is 13.4. The number of carbonyl (C=O) groups is 1. The topological polar surface area (TPSA) is 94.0 Å². The molecule has 2 aliphatic rings. The van der Waals surface area contributed by atoms with Gasteiger partial charge in [-0.05, 0) is 65.9 Å². The molecule has 2 fully saturated rings. The number of carboxylic acids is 1. The molecule has 1 aromatic heterocycles. The lowest BCUT2D eigenvalue weighted by Crippen LogP contribution is -2.58. The summed E-state index contributed by atoms with van der Waals surface area (Å²) >= 11 is 6.04. The Kier molecular flexibility index (Phi) is 7.16. The Labute approximate surface area is 216 Å². The number of hydrogen-bond acceptors (Lipinski definition) is 6. The SMILES string of the molecule is O=C(O)[C@@H]1CN(S(=O)(=O)c2ccc3cc(Cl)ccc3c2)CCN1CC1CCN(c2ccncc2)CC1. The number of fused-ring (bicyclic) bond motifs is 1. The van der Waals surface area contributed by atoms with Gasteiger partial charge >= 0.3 is 5.97 Å². The van der Waals surface area contributed by atoms with Crippen molar-refractivity contribution in [2.75, 3.05) is 44.2 Å². The zero-order valence-electron chi connectivity index (χ0n) is 19.8. The van der Waals surface area contributed by atoms with Crippen LogP contribution in [0.3, 0.4) is 0 Å². The van der Waals surface area contributed by atoms with E-state index in [1.54, 1.807) is 48.8 Å². The lowest BCUT2D eigenvalue weighted by molar-refractivity contribution is -0.145. The van der Waals surface area contributed by atoms with Crippen LogP contribution in [0, 0.1) is 5.92 Å². The molecule has 10 heteroatoms. The van der Waals surface area contributed by atoms with E-state index in [-0.39, 0.29) is 18.0 Å². The van der Waals surface area contributed by atoms with Gasteiger partial charge in [0.15, 0.2) is 0 Å². The molecular weight excluding hydrogens is 500 g/mol. The van der Waals surface area contributed by atoms with Crippen LogP contribution in [0.1, 0.15) is 12.8 Å². The van der Waals surface area contributed by atoms with Gasteiger partial charge in [0.1, 0.15) is 6.04 Å². The van der Waals surface area contributed by atoms with Gasteiger partial charge in [-0.1, -0.05) is 23.7 Å². The van der Waals surface area contributed by atoms with Gasteiger partial charge in [0.2, 0.25) is 10.0 Å². The average Bonchev–Trinajstić information content (AvgIpc) is 2.89. The number of sulfonamides is 1. The molecule has 3 heterocycles. The smallest absolute Gasteiger partial charge is 0.322 e. The lowest BCUT2D eigenvalue weighted by atomic mass is 9.95. The lowest BCUT2D eigenvalue weighted by Gasteiger charge is -2.42. The first kappa shape index (κ1) is 25.0. The number of aliphatic carboxylic acids is 1. The molecule has 1 N–H and O–H groups in total. The van der Waals surface area contributed by atoms with Crippen molar-refractivity contribution in [2.45, 2.75) is 23.8 Å². The Morgan fingerprint density at radius 3 is 2.39 bits per heavy atom. The van der Waals surface area contributed by atoms with Gasteiger partial charge in [-0.25, -0.2) is 8.42 Å². The average molecular weight is 529 g/mol. The number of piperazine rings is 1. The van der Waals surface area contributed by atoms with Gasteiger partial charge in [0.25, 0.3) is 0 Å². The maximum absolute atomic E-state index is 13.4. The van der Waals surface area contributed by atoms with Crippen LogP contribution < -0.4 is 4.90 Å². The second-order valence-corrected chi connectivity index (χ2v) is 11.9. The van der Waals surface area contributed by atoms with E-state index >= 15 is 0 Å². The van der Waals surface area contributed by atoms with Crippen molar-refractivity contribution in [3.63, 3.8) is 0 Å². The van der Waals surface area contributed by atoms with E-state index in [2.05, 4.69) is 9.88 Å². The fourth-order valence-corrected chi connectivity index (χ4v) is 6.89. The number of pyridine rings is 1. The minimum absolute atomic E-state index is 0.0633. The summed E-state index contributed by atoms with van der Waals surface area (Å²) in [6.07, 6.45) is 5.52. The van der Waals surface area contributed by atoms with Crippen molar-refractivity contribution < 1.29 is 18.3 Å². The van der Waals surface area contributed by atoms with Gasteiger partial charge in [-0.3, -0.25) is 14.7 Å². The number of nitrogens with zero attached hydrogens (tertiary/aromatic N) is 4. The van der Waals surface area contributed by atoms with Crippen LogP contribution in [-0.2, 0) is 14.8 Å². The molecule has 0 saturated carbocycles. The summed E-state index contributed by atoms with van der Waals surface area (Å²) in [4.78, 5) is 20.7. The van der Waals surface area contributed by atoms with Crippen LogP contribution in [0.15, 0.2) is 65.8 Å². The van der Waals surface area contributed by atoms with Crippen molar-refractivity contribution >= 4 is 44.1 Å². The third-order valence-corrected chi connectivity index (χ3v) is 9.38. The number of halogens is 1. The highest BCUT2D eigenvalue weighted by atomic mass is 35.5. The van der Waals surface area contributed by atoms with Crippen LogP contribution in [0.25, 0.3) is 10.8 Å². The first-order chi connectivity index (χ1) is 17.3. The monoisotopic (exact) mass is 528 g/mol. The summed E-state index contributed by atoms with van der Waals surface area (Å²) < 4.78 is 28.1. The molecule has 5 rings (SSSR count). The van der Waals surface area contributed by atoms with E-state index in [1.807, 2.05) is 17.0 Å². The number of anilines is 1. The molecule has 3 aromatic rings. The first-order valence-corrected chi connectivity index (χ1v) is 13.9. The molecule has 0 bridgehead atoms. The molecule has 2 saturated heterocycles. The quantitative estimate of drug-likeness (QED) is 0.522. The van der Waals surface area contributed by atoms with E-state index in [1.165, 1.54) is 4.31 Å². The van der Waals surface area contributed by atoms with Crippen molar-refractivity contribution in [2.24, 2.45) is 5.92 Å². The fourth-order valence-electron chi connectivity index (χ4n) is 5.23. The molecule has 0 radical (unpaired) electrons. The van der Waals surface area contributed by atoms with Crippen molar-refractivity contribution in [3.05, 3.63) is 65.9 Å². The summed E-state index contributed by atoms with van der Waals surface area (Å²) in [7, 11) is -3.83. The molecule has 190 valence electrons. The summed E-state index contributed by atoms with van der Waals surface area (Å²) in [5, 5.41) is 12.2. The minimum atomic E-state index is -3.83. The largest absolute Gasteiger partial charge is 0.480 e. The van der Waals surface area contributed by atoms with Gasteiger partial charge in [0, 0.05) is 62.4 Å². The van der Waals surface area contributed by atoms with Crippen molar-refractivity contribution in [1.29, 1.82) is 0 Å². The third kappa shape index (κ3) is 5.20. The zero-order valence-corrected chi connectivity index (χ0v) is 21.4. The number of aromatic nitrogens is 1. The van der Waals surface area contributed by atoms with Crippen molar-refractivity contribution in [1.82, 2.24) is 14.2 Å². The van der Waals surface area contributed by atoms with Gasteiger partial charge < -0.3 is 10.0 Å². The molecule has 0 aliphatic carbocycles. The summed E-state index contributed by atoms with van der Waals surface area (Å²) in [5.41, 5.74) is 1.16. The Morgan fingerprint density at radius 2 is 1.67 bits per heavy atom. The molecule has 2 aliphatic heterocycles. The second kappa shape index (κ2) is 10.3. The molecule has 2 aromatic carbocycles. The van der Waals surface area contributed by atoms with E-state index in [0.29, 0.717) is 24.0 Å². The first-order valence-electron chi connectivity index (χ1n) is 12.1. The number of hydrogen-bond donors (Lipinski definition) is 1. The zero-order chi connectivity index (χ0) is 25.3. The van der Waals surface area contributed by atoms with Crippen LogP contribution in [-0.4, -0.2) is 79.0 Å². The Morgan fingerprint density at radius 1 is 0.972 bits per heavy atom. The van der Waals surface area contributed by atoms with Gasteiger partial charge in [-0.2, -0.15) is 4.31 Å². The van der Waals surface area contributed by atoms with Crippen LogP contribution in [0.5, 0.6) is 0 Å². The maximum Gasteiger partial charge on any atom is 0.322 e. The molecule has 8 nitrogen and oxygen atoms in total. The number of carboxylic acid groups (broad SMARTS) is 1. The number of piperidine rings is 1. The highest BCUT2D eigenvalue weighted by Crippen LogP contribution is 2.28. The normalized spacial score (nSPS) is 20.6. The van der Waals surface area contributed by atoms with E-state index < -0.39 is 22.0 Å². The van der Waals surface area contributed by atoms with E-state index in [9.17, 15) is 18.3 Å². The predicted molar refractivity (Wildman–Crippen MR) is 140 cm³/mol. The minimum Gasteiger partial charge on any atom is -0.480 e. The predicted octanol–water partition coefficient (Wildman–Crippen LogP) is 3.56. The third-order valence-electron chi connectivity index (χ3n) is 7.29. The highest BCUT2D eigenvalue weighted by molar-refractivity contribution is 7.89. The van der Waals surface area contributed by atoms with E-state index in [0.717, 1.165) is 42.4 Å². The van der Waals surface area contributed by atoms with E-state index in [4.69, 9.17) is 11.6 Å². The Hall–Kier alpha value is -2.72. The Bertz CT molecular complexity index is 1350. The van der Waals surface area contributed by atoms with Crippen LogP contribution in [0.2, 0.25) is 5.02 Å². The molecule has 0 amide bonds. The molecule has 0 unspecified atom stereocenters. The molecular formula is C26H29ClN4O4S. The number of rotatable bonds is 6. The number of benzene rings is 2. The fraction of sp³-hybridized carbons (Fsp3) is 0.385.